The van der Waals surface area contributed by atoms with E-state index < -0.39 is 35.3 Å². The molecule has 3 atom stereocenters. The van der Waals surface area contributed by atoms with Crippen molar-refractivity contribution < 1.29 is 24.2 Å². The van der Waals surface area contributed by atoms with Crippen LogP contribution in [0.1, 0.15) is 66.9 Å². The predicted molar refractivity (Wildman–Crippen MR) is 129 cm³/mol. The average molecular weight is 464 g/mol. The summed E-state index contributed by atoms with van der Waals surface area (Å²) in [6.45, 7) is 13.0. The topological polar surface area (TPSA) is 117 Å². The molecule has 1 rings (SSSR count). The molecule has 4 N–H and O–H groups in total. The zero-order chi connectivity index (χ0) is 25.2. The SMILES string of the molecule is CC(C)CCNC(=O)[C@H](C)NC(=O)C[C@](C)(O)[C@H](Cc1ccccc1)NC(=O)OC(C)(C)C. The number of hydrogen-bond acceptors (Lipinski definition) is 5. The van der Waals surface area contributed by atoms with Gasteiger partial charge in [-0.15, -0.1) is 0 Å². The molecule has 8 heteroatoms. The van der Waals surface area contributed by atoms with E-state index in [0.29, 0.717) is 18.9 Å². The molecule has 0 radical (unpaired) electrons. The number of hydrogen-bond donors (Lipinski definition) is 4. The van der Waals surface area contributed by atoms with E-state index in [1.54, 1.807) is 27.7 Å². The second-order valence-corrected chi connectivity index (χ2v) is 10.2. The Kier molecular flexibility index (Phi) is 10.8. The second kappa shape index (κ2) is 12.6. The van der Waals surface area contributed by atoms with Gasteiger partial charge in [0.1, 0.15) is 11.6 Å². The van der Waals surface area contributed by atoms with Gasteiger partial charge in [-0.2, -0.15) is 0 Å². The quantitative estimate of drug-likeness (QED) is 0.403. The highest BCUT2D eigenvalue weighted by molar-refractivity contribution is 5.87. The van der Waals surface area contributed by atoms with Crippen LogP contribution in [-0.2, 0) is 20.7 Å². The predicted octanol–water partition coefficient (Wildman–Crippen LogP) is 2.93. The lowest BCUT2D eigenvalue weighted by Crippen LogP contribution is -2.56. The highest BCUT2D eigenvalue weighted by atomic mass is 16.6. The molecule has 0 saturated heterocycles. The molecule has 0 spiro atoms. The molecule has 3 amide bonds. The summed E-state index contributed by atoms with van der Waals surface area (Å²) < 4.78 is 5.34. The van der Waals surface area contributed by atoms with Crippen molar-refractivity contribution in [3.63, 3.8) is 0 Å². The normalized spacial score (nSPS) is 15.2. The fraction of sp³-hybridized carbons (Fsp3) is 0.640. The average Bonchev–Trinajstić information content (AvgIpc) is 2.65. The van der Waals surface area contributed by atoms with Crippen LogP contribution in [-0.4, -0.2) is 52.8 Å². The molecule has 0 aliphatic rings. The second-order valence-electron chi connectivity index (χ2n) is 10.2. The van der Waals surface area contributed by atoms with Crippen LogP contribution in [0.25, 0.3) is 0 Å². The zero-order valence-corrected chi connectivity index (χ0v) is 21.0. The highest BCUT2D eigenvalue weighted by Crippen LogP contribution is 2.20. The van der Waals surface area contributed by atoms with Crippen molar-refractivity contribution in [2.45, 2.75) is 91.0 Å². The number of nitrogens with one attached hydrogen (secondary N) is 3. The largest absolute Gasteiger partial charge is 0.444 e. The molecule has 1 aromatic rings. The summed E-state index contributed by atoms with van der Waals surface area (Å²) >= 11 is 0. The minimum absolute atomic E-state index is 0.281. The lowest BCUT2D eigenvalue weighted by molar-refractivity contribution is -0.131. The molecule has 0 bridgehead atoms. The summed E-state index contributed by atoms with van der Waals surface area (Å²) in [5, 5.41) is 19.3. The number of ether oxygens (including phenoxy) is 1. The van der Waals surface area contributed by atoms with Crippen LogP contribution in [0.2, 0.25) is 0 Å². The summed E-state index contributed by atoms with van der Waals surface area (Å²) in [4.78, 5) is 37.3. The van der Waals surface area contributed by atoms with Crippen molar-refractivity contribution in [1.82, 2.24) is 16.0 Å². The summed E-state index contributed by atoms with van der Waals surface area (Å²) in [6, 6.07) is 7.82. The van der Waals surface area contributed by atoms with E-state index >= 15 is 0 Å². The van der Waals surface area contributed by atoms with Crippen molar-refractivity contribution in [3.05, 3.63) is 35.9 Å². The fourth-order valence-corrected chi connectivity index (χ4v) is 3.17. The van der Waals surface area contributed by atoms with Crippen molar-refractivity contribution in [3.8, 4) is 0 Å². The van der Waals surface area contributed by atoms with Gasteiger partial charge in [-0.25, -0.2) is 4.79 Å². The van der Waals surface area contributed by atoms with Gasteiger partial charge in [0.2, 0.25) is 11.8 Å². The zero-order valence-electron chi connectivity index (χ0n) is 21.0. The van der Waals surface area contributed by atoms with E-state index in [1.807, 2.05) is 30.3 Å². The first-order valence-corrected chi connectivity index (χ1v) is 11.5. The molecule has 0 fully saturated rings. The van der Waals surface area contributed by atoms with Crippen LogP contribution >= 0.6 is 0 Å². The van der Waals surface area contributed by atoms with Gasteiger partial charge >= 0.3 is 6.09 Å². The monoisotopic (exact) mass is 463 g/mol. The van der Waals surface area contributed by atoms with Crippen molar-refractivity contribution >= 4 is 17.9 Å². The summed E-state index contributed by atoms with van der Waals surface area (Å²) in [7, 11) is 0. The maximum absolute atomic E-state index is 12.6. The Balaban J connectivity index is 2.83. The maximum Gasteiger partial charge on any atom is 0.407 e. The van der Waals surface area contributed by atoms with Crippen molar-refractivity contribution in [1.29, 1.82) is 0 Å². The minimum atomic E-state index is -1.59. The molecule has 0 aliphatic carbocycles. The van der Waals surface area contributed by atoms with Crippen LogP contribution in [0.4, 0.5) is 4.79 Å². The molecular formula is C25H41N3O5. The maximum atomic E-state index is 12.6. The Bertz CT molecular complexity index is 772. The third kappa shape index (κ3) is 11.7. The van der Waals surface area contributed by atoms with E-state index in [4.69, 9.17) is 4.74 Å². The van der Waals surface area contributed by atoms with Gasteiger partial charge in [-0.3, -0.25) is 9.59 Å². The molecule has 0 aromatic heterocycles. The first-order chi connectivity index (χ1) is 15.2. The Morgan fingerprint density at radius 3 is 2.15 bits per heavy atom. The van der Waals surface area contributed by atoms with Crippen molar-refractivity contribution in [2.75, 3.05) is 6.54 Å². The Labute approximate surface area is 197 Å². The molecule has 1 aromatic carbocycles. The number of aliphatic hydroxyl groups is 1. The van der Waals surface area contributed by atoms with Crippen LogP contribution in [0, 0.1) is 5.92 Å². The van der Waals surface area contributed by atoms with Crippen LogP contribution in [0.3, 0.4) is 0 Å². The molecule has 8 nitrogen and oxygen atoms in total. The Hall–Kier alpha value is -2.61. The molecule has 0 saturated carbocycles. The van der Waals surface area contributed by atoms with E-state index in [2.05, 4.69) is 29.8 Å². The Morgan fingerprint density at radius 1 is 1.00 bits per heavy atom. The number of alkyl carbamates (subject to hydrolysis) is 1. The van der Waals surface area contributed by atoms with Crippen LogP contribution in [0.15, 0.2) is 30.3 Å². The number of carbonyl (C=O) groups is 3. The molecule has 33 heavy (non-hydrogen) atoms. The number of rotatable bonds is 11. The number of carbonyl (C=O) groups excluding carboxylic acids is 3. The van der Waals surface area contributed by atoms with Gasteiger partial charge in [0.05, 0.1) is 18.1 Å². The molecular weight excluding hydrogens is 422 g/mol. The molecule has 0 heterocycles. The van der Waals surface area contributed by atoms with Crippen LogP contribution < -0.4 is 16.0 Å². The van der Waals surface area contributed by atoms with E-state index in [-0.39, 0.29) is 12.3 Å². The summed E-state index contributed by atoms with van der Waals surface area (Å²) in [5.41, 5.74) is -1.41. The molecule has 0 unspecified atom stereocenters. The first kappa shape index (κ1) is 28.4. The number of amides is 3. The van der Waals surface area contributed by atoms with Gasteiger partial charge in [0.25, 0.3) is 0 Å². The lowest BCUT2D eigenvalue weighted by Gasteiger charge is -2.34. The van der Waals surface area contributed by atoms with Gasteiger partial charge < -0.3 is 25.8 Å². The lowest BCUT2D eigenvalue weighted by atomic mass is 9.87. The van der Waals surface area contributed by atoms with E-state index in [9.17, 15) is 19.5 Å². The first-order valence-electron chi connectivity index (χ1n) is 11.5. The minimum Gasteiger partial charge on any atom is -0.444 e. The van der Waals surface area contributed by atoms with Gasteiger partial charge in [0.15, 0.2) is 0 Å². The third-order valence-electron chi connectivity index (χ3n) is 5.03. The van der Waals surface area contributed by atoms with Gasteiger partial charge in [-0.05, 0) is 58.9 Å². The molecule has 186 valence electrons. The van der Waals surface area contributed by atoms with Gasteiger partial charge in [-0.1, -0.05) is 44.2 Å². The van der Waals surface area contributed by atoms with Crippen molar-refractivity contribution in [2.24, 2.45) is 5.92 Å². The van der Waals surface area contributed by atoms with E-state index in [1.165, 1.54) is 6.92 Å². The standard InChI is InChI=1S/C25H41N3O5/c1-17(2)13-14-26-22(30)18(3)27-21(29)16-25(7,32)20(15-19-11-9-8-10-12-19)28-23(31)33-24(4,5)6/h8-12,17-18,20,32H,13-16H2,1-7H3,(H,26,30)(H,27,29)(H,28,31)/t18-,20-,25-/m0/s1. The highest BCUT2D eigenvalue weighted by Gasteiger charge is 2.37. The Morgan fingerprint density at radius 2 is 1.61 bits per heavy atom. The summed E-state index contributed by atoms with van der Waals surface area (Å²) in [5.74, 6) is -0.309. The summed E-state index contributed by atoms with van der Waals surface area (Å²) in [6.07, 6.45) is 0.163. The fourth-order valence-electron chi connectivity index (χ4n) is 3.17. The third-order valence-corrected chi connectivity index (χ3v) is 5.03. The van der Waals surface area contributed by atoms with Gasteiger partial charge in [0, 0.05) is 6.54 Å². The smallest absolute Gasteiger partial charge is 0.407 e. The molecule has 0 aliphatic heterocycles. The number of benzene rings is 1. The van der Waals surface area contributed by atoms with Crippen LogP contribution in [0.5, 0.6) is 0 Å². The van der Waals surface area contributed by atoms with E-state index in [0.717, 1.165) is 12.0 Å².